The van der Waals surface area contributed by atoms with Gasteiger partial charge in [0.25, 0.3) is 0 Å². The standard InChI is InChI=1S/C62H58BN2/c1-38-29-39(2)57(40(3)30-38)45-34-48(47-23-16-17-26-54(47)64-46-32-43(41-19-12-10-13-20-41)31-44(33-46)42-21-14-11-15-22-42)58-56(35-45)65-55-37-51-50(60(4,5)27-28-61(51,6)7)36-52(55)62(8,9)49-24-18-25-53(63-58)59(49)65/h10-26,29-37,64H,27-28H2,1-9H3. The number of fused-ring (bicyclic) bond motifs is 5. The first-order chi connectivity index (χ1) is 31.2. The molecule has 11 rings (SSSR count). The molecule has 0 amide bonds. The van der Waals surface area contributed by atoms with E-state index in [9.17, 15) is 0 Å². The highest BCUT2D eigenvalue weighted by molar-refractivity contribution is 6.73. The maximum Gasteiger partial charge on any atom is 0.197 e. The minimum absolute atomic E-state index is 0.0699. The Morgan fingerprint density at radius 2 is 1.08 bits per heavy atom. The van der Waals surface area contributed by atoms with E-state index < -0.39 is 0 Å². The highest BCUT2D eigenvalue weighted by Gasteiger charge is 2.45. The second-order valence-electron chi connectivity index (χ2n) is 21.0. The first kappa shape index (κ1) is 41.2. The van der Waals surface area contributed by atoms with Crippen LogP contribution in [0.5, 0.6) is 0 Å². The number of anilines is 5. The lowest BCUT2D eigenvalue weighted by atomic mass is 9.55. The molecule has 3 aliphatic rings. The summed E-state index contributed by atoms with van der Waals surface area (Å²) in [6.07, 6.45) is 2.36. The molecule has 2 heterocycles. The third-order valence-corrected chi connectivity index (χ3v) is 15.2. The molecular weight excluding hydrogens is 784 g/mol. The normalized spacial score (nSPS) is 15.8. The van der Waals surface area contributed by atoms with Crippen LogP contribution in [-0.4, -0.2) is 7.28 Å². The zero-order chi connectivity index (χ0) is 45.0. The molecule has 0 saturated heterocycles. The van der Waals surface area contributed by atoms with Gasteiger partial charge in [-0.3, -0.25) is 0 Å². The molecule has 0 aromatic heterocycles. The van der Waals surface area contributed by atoms with E-state index in [1.54, 1.807) is 0 Å². The fourth-order valence-corrected chi connectivity index (χ4v) is 11.6. The number of para-hydroxylation sites is 2. The molecule has 0 atom stereocenters. The molecule has 0 unspecified atom stereocenters. The lowest BCUT2D eigenvalue weighted by Gasteiger charge is -2.49. The molecule has 3 heteroatoms. The van der Waals surface area contributed by atoms with Crippen LogP contribution in [0.4, 0.5) is 28.4 Å². The fraction of sp³-hybridized carbons (Fsp3) is 0.226. The summed E-state index contributed by atoms with van der Waals surface area (Å²) in [5.41, 5.74) is 27.8. The van der Waals surface area contributed by atoms with Crippen molar-refractivity contribution in [2.45, 2.75) is 91.4 Å². The second kappa shape index (κ2) is 15.0. The van der Waals surface area contributed by atoms with Crippen molar-refractivity contribution in [3.63, 3.8) is 0 Å². The van der Waals surface area contributed by atoms with E-state index in [1.165, 1.54) is 124 Å². The number of aryl methyl sites for hydroxylation is 3. The number of benzene rings is 8. The van der Waals surface area contributed by atoms with Crippen LogP contribution in [0.15, 0.2) is 158 Å². The highest BCUT2D eigenvalue weighted by atomic mass is 15.2. The van der Waals surface area contributed by atoms with Gasteiger partial charge in [-0.2, -0.15) is 0 Å². The van der Waals surface area contributed by atoms with E-state index in [2.05, 4.69) is 238 Å². The minimum Gasteiger partial charge on any atom is -0.355 e. The summed E-state index contributed by atoms with van der Waals surface area (Å²) in [6, 6.07) is 59.1. The molecule has 319 valence electrons. The van der Waals surface area contributed by atoms with Gasteiger partial charge in [0.05, 0.1) is 5.69 Å². The predicted octanol–water partition coefficient (Wildman–Crippen LogP) is 15.4. The maximum atomic E-state index is 4.00. The summed E-state index contributed by atoms with van der Waals surface area (Å²) in [6.45, 7) is 21.5. The maximum absolute atomic E-state index is 4.00. The van der Waals surface area contributed by atoms with Crippen molar-refractivity contribution in [2.24, 2.45) is 0 Å². The van der Waals surface area contributed by atoms with Crippen molar-refractivity contribution in [2.75, 3.05) is 10.2 Å². The van der Waals surface area contributed by atoms with Gasteiger partial charge in [0.15, 0.2) is 7.28 Å². The zero-order valence-corrected chi connectivity index (χ0v) is 39.4. The van der Waals surface area contributed by atoms with Gasteiger partial charge >= 0.3 is 0 Å². The highest BCUT2D eigenvalue weighted by Crippen LogP contribution is 2.57. The molecule has 1 radical (unpaired) electrons. The summed E-state index contributed by atoms with van der Waals surface area (Å²) in [5, 5.41) is 4.00. The van der Waals surface area contributed by atoms with Crippen molar-refractivity contribution in [3.05, 3.63) is 197 Å². The number of hydrogen-bond acceptors (Lipinski definition) is 2. The molecule has 0 bridgehead atoms. The molecular formula is C62H58BN2. The number of nitrogens with one attached hydrogen (secondary N) is 1. The van der Waals surface area contributed by atoms with Gasteiger partial charge in [-0.1, -0.05) is 168 Å². The van der Waals surface area contributed by atoms with Crippen LogP contribution in [-0.2, 0) is 16.2 Å². The summed E-state index contributed by atoms with van der Waals surface area (Å²) < 4.78 is 0. The first-order valence-electron chi connectivity index (χ1n) is 23.5. The molecule has 1 N–H and O–H groups in total. The smallest absolute Gasteiger partial charge is 0.197 e. The third-order valence-electron chi connectivity index (χ3n) is 15.2. The van der Waals surface area contributed by atoms with Gasteiger partial charge < -0.3 is 10.2 Å². The van der Waals surface area contributed by atoms with Crippen LogP contribution >= 0.6 is 0 Å². The molecule has 0 spiro atoms. The van der Waals surface area contributed by atoms with Crippen LogP contribution in [0.25, 0.3) is 44.5 Å². The fourth-order valence-electron chi connectivity index (χ4n) is 11.6. The van der Waals surface area contributed by atoms with Gasteiger partial charge in [0.1, 0.15) is 0 Å². The van der Waals surface area contributed by atoms with Crippen molar-refractivity contribution < 1.29 is 0 Å². The van der Waals surface area contributed by atoms with Crippen molar-refractivity contribution in [3.8, 4) is 44.5 Å². The minimum atomic E-state index is -0.191. The molecule has 2 nitrogen and oxygen atoms in total. The Morgan fingerprint density at radius 3 is 1.72 bits per heavy atom. The lowest BCUT2D eigenvalue weighted by molar-refractivity contribution is 0.331. The Hall–Kier alpha value is -6.58. The van der Waals surface area contributed by atoms with E-state index in [1.807, 2.05) is 0 Å². The van der Waals surface area contributed by atoms with E-state index in [-0.39, 0.29) is 16.2 Å². The Morgan fingerprint density at radius 1 is 0.477 bits per heavy atom. The third kappa shape index (κ3) is 6.77. The average molecular weight is 842 g/mol. The Labute approximate surface area is 387 Å². The van der Waals surface area contributed by atoms with Gasteiger partial charge in [-0.25, -0.2) is 0 Å². The first-order valence-corrected chi connectivity index (χ1v) is 23.5. The summed E-state index contributed by atoms with van der Waals surface area (Å²) in [5.74, 6) is 0. The monoisotopic (exact) mass is 841 g/mol. The molecule has 8 aromatic rings. The number of nitrogens with zero attached hydrogens (tertiary/aromatic N) is 1. The van der Waals surface area contributed by atoms with Gasteiger partial charge in [0, 0.05) is 33.7 Å². The molecule has 0 fully saturated rings. The van der Waals surface area contributed by atoms with Crippen molar-refractivity contribution in [1.29, 1.82) is 0 Å². The van der Waals surface area contributed by atoms with Crippen molar-refractivity contribution >= 4 is 46.6 Å². The second-order valence-corrected chi connectivity index (χ2v) is 21.0. The van der Waals surface area contributed by atoms with Crippen LogP contribution in [0.2, 0.25) is 0 Å². The van der Waals surface area contributed by atoms with E-state index in [4.69, 9.17) is 0 Å². The summed E-state index contributed by atoms with van der Waals surface area (Å²) in [7, 11) is 2.48. The van der Waals surface area contributed by atoms with Crippen LogP contribution in [0, 0.1) is 20.8 Å². The van der Waals surface area contributed by atoms with Gasteiger partial charge in [-0.05, 0) is 165 Å². The van der Waals surface area contributed by atoms with Crippen LogP contribution in [0.1, 0.15) is 93.3 Å². The number of rotatable bonds is 6. The zero-order valence-electron chi connectivity index (χ0n) is 39.4. The average Bonchev–Trinajstić information content (AvgIpc) is 3.29. The molecule has 2 aliphatic heterocycles. The largest absolute Gasteiger partial charge is 0.355 e. The van der Waals surface area contributed by atoms with Crippen LogP contribution < -0.4 is 21.1 Å². The van der Waals surface area contributed by atoms with Crippen LogP contribution in [0.3, 0.4) is 0 Å². The SMILES string of the molecule is Cc1cc(C)c(-c2cc(-c3ccccc3Nc3cc(-c4ccccc4)cc(-c4ccccc4)c3)c3c(c2)N2c4cc5c(cc4C(C)(C)c4cccc(c42)[B]3)C(C)(C)CCC5(C)C)c(C)c1. The number of hydrogen-bond donors (Lipinski definition) is 1. The van der Waals surface area contributed by atoms with E-state index >= 15 is 0 Å². The van der Waals surface area contributed by atoms with E-state index in [0.29, 0.717) is 0 Å². The Kier molecular flexibility index (Phi) is 9.49. The molecule has 0 saturated carbocycles. The topological polar surface area (TPSA) is 15.3 Å². The predicted molar refractivity (Wildman–Crippen MR) is 279 cm³/mol. The lowest BCUT2D eigenvalue weighted by Crippen LogP contribution is -2.46. The molecule has 65 heavy (non-hydrogen) atoms. The van der Waals surface area contributed by atoms with Gasteiger partial charge in [-0.15, -0.1) is 0 Å². The van der Waals surface area contributed by atoms with E-state index in [0.717, 1.165) is 11.4 Å². The Bertz CT molecular complexity index is 3130. The van der Waals surface area contributed by atoms with Crippen molar-refractivity contribution in [1.82, 2.24) is 0 Å². The summed E-state index contributed by atoms with van der Waals surface area (Å²) >= 11 is 0. The molecule has 8 aromatic carbocycles. The summed E-state index contributed by atoms with van der Waals surface area (Å²) in [4.78, 5) is 2.66. The Balaban J connectivity index is 1.16. The quantitative estimate of drug-likeness (QED) is 0.168. The molecule has 1 aliphatic carbocycles. The van der Waals surface area contributed by atoms with Gasteiger partial charge in [0.2, 0.25) is 0 Å².